The first-order valence-electron chi connectivity index (χ1n) is 16.3. The van der Waals surface area contributed by atoms with Gasteiger partial charge in [0.2, 0.25) is 10.0 Å². The number of nitrogens with one attached hydrogen (secondary N) is 1. The van der Waals surface area contributed by atoms with Crippen LogP contribution in [-0.4, -0.2) is 26.2 Å². The summed E-state index contributed by atoms with van der Waals surface area (Å²) in [6, 6.07) is 41.7. The number of ether oxygens (including phenoxy) is 1. The van der Waals surface area contributed by atoms with E-state index in [-0.39, 0.29) is 22.8 Å². The number of hydrogen-bond acceptors (Lipinski definition) is 6. The molecule has 0 bridgehead atoms. The number of hydrogen-bond donors (Lipinski definition) is 1. The molecule has 0 radical (unpaired) electrons. The molecule has 0 aliphatic rings. The van der Waals surface area contributed by atoms with Gasteiger partial charge in [-0.2, -0.15) is 0 Å². The molecule has 0 saturated carbocycles. The lowest BCUT2D eigenvalue weighted by Crippen LogP contribution is -2.34. The molecule has 7 aromatic rings. The van der Waals surface area contributed by atoms with Crippen molar-refractivity contribution >= 4 is 49.1 Å². The Morgan fingerprint density at radius 3 is 1.86 bits per heavy atom. The average molecular weight is 701 g/mol. The molecule has 0 aliphatic heterocycles. The summed E-state index contributed by atoms with van der Waals surface area (Å²) in [5.74, 6) is -1.17. The van der Waals surface area contributed by atoms with Crippen molar-refractivity contribution in [3.05, 3.63) is 167 Å². The Hall–Kier alpha value is -5.28. The van der Waals surface area contributed by atoms with Gasteiger partial charge in [-0.15, -0.1) is 0 Å². The highest BCUT2D eigenvalue weighted by atomic mass is 35.5. The summed E-state index contributed by atoms with van der Waals surface area (Å²) in [6.45, 7) is 1.84. The molecule has 50 heavy (non-hydrogen) atoms. The van der Waals surface area contributed by atoms with E-state index in [1.165, 1.54) is 0 Å². The summed E-state index contributed by atoms with van der Waals surface area (Å²) in [5, 5.41) is 8.35. The molecule has 250 valence electrons. The molecule has 7 nitrogen and oxygen atoms in total. The predicted molar refractivity (Wildman–Crippen MR) is 197 cm³/mol. The third-order valence-corrected chi connectivity index (χ3v) is 10.7. The summed E-state index contributed by atoms with van der Waals surface area (Å²) in [4.78, 5) is 14.3. The second-order valence-corrected chi connectivity index (χ2v) is 14.0. The van der Waals surface area contributed by atoms with Crippen LogP contribution in [0.25, 0.3) is 32.8 Å². The van der Waals surface area contributed by atoms with Gasteiger partial charge in [0.1, 0.15) is 11.3 Å². The zero-order valence-electron chi connectivity index (χ0n) is 27.1. The maximum absolute atomic E-state index is 14.2. The Bertz CT molecular complexity index is 2340. The van der Waals surface area contributed by atoms with E-state index in [0.29, 0.717) is 28.3 Å². The van der Waals surface area contributed by atoms with E-state index in [2.05, 4.69) is 9.88 Å². The molecular weight excluding hydrogens is 668 g/mol. The topological polar surface area (TPSA) is 98.5 Å². The van der Waals surface area contributed by atoms with Gasteiger partial charge in [-0.25, -0.2) is 17.9 Å². The fraction of sp³-hybridized carbons (Fsp3) is 0.122. The van der Waals surface area contributed by atoms with Crippen molar-refractivity contribution in [1.29, 1.82) is 0 Å². The summed E-state index contributed by atoms with van der Waals surface area (Å²) in [7, 11) is -4.05. The number of sulfonamides is 1. The fourth-order valence-electron chi connectivity index (χ4n) is 6.57. The van der Waals surface area contributed by atoms with E-state index in [0.717, 1.165) is 27.1 Å². The largest absolute Gasteiger partial charge is 0.462 e. The number of carbonyl (C=O) groups excluding carboxylic acids is 1. The highest BCUT2D eigenvalue weighted by Crippen LogP contribution is 2.45. The van der Waals surface area contributed by atoms with Gasteiger partial charge >= 0.3 is 5.97 Å². The SMILES string of the molecule is CCOC(=O)c1c(-c2c3ccccc3c(Cl)c3ccccc23)noc1[C@H](Cc1ccccc1)[C@H](NS(=O)(=O)c1ccccc1)c1ccccc1. The van der Waals surface area contributed by atoms with Crippen LogP contribution >= 0.6 is 11.6 Å². The van der Waals surface area contributed by atoms with Crippen LogP contribution in [0, 0.1) is 0 Å². The molecule has 1 heterocycles. The first kappa shape index (κ1) is 33.2. The average Bonchev–Trinajstić information content (AvgIpc) is 3.59. The molecular formula is C41H33ClN2O5S. The van der Waals surface area contributed by atoms with E-state index in [1.807, 2.05) is 109 Å². The normalized spacial score (nSPS) is 12.9. The van der Waals surface area contributed by atoms with Crippen LogP contribution in [0.2, 0.25) is 5.02 Å². The van der Waals surface area contributed by atoms with E-state index < -0.39 is 28.0 Å². The van der Waals surface area contributed by atoms with Crippen molar-refractivity contribution < 1.29 is 22.5 Å². The van der Waals surface area contributed by atoms with Gasteiger partial charge < -0.3 is 9.26 Å². The van der Waals surface area contributed by atoms with Crippen molar-refractivity contribution in [2.45, 2.75) is 30.2 Å². The minimum Gasteiger partial charge on any atom is -0.462 e. The minimum absolute atomic E-state index is 0.108. The van der Waals surface area contributed by atoms with Crippen LogP contribution in [0.15, 0.2) is 149 Å². The Kier molecular flexibility index (Phi) is 9.50. The summed E-state index contributed by atoms with van der Waals surface area (Å²) in [6.07, 6.45) is 0.306. The van der Waals surface area contributed by atoms with Crippen LogP contribution in [0.4, 0.5) is 0 Å². The van der Waals surface area contributed by atoms with Crippen molar-refractivity contribution in [1.82, 2.24) is 9.88 Å². The van der Waals surface area contributed by atoms with Gasteiger partial charge in [-0.3, -0.25) is 0 Å². The minimum atomic E-state index is -4.05. The number of benzene rings is 6. The molecule has 0 spiro atoms. The molecule has 0 fully saturated rings. The molecule has 0 aliphatic carbocycles. The van der Waals surface area contributed by atoms with Crippen LogP contribution in [0.1, 0.15) is 46.1 Å². The number of carbonyl (C=O) groups is 1. The maximum Gasteiger partial charge on any atom is 0.344 e. The maximum atomic E-state index is 14.2. The first-order chi connectivity index (χ1) is 24.4. The Morgan fingerprint density at radius 2 is 1.28 bits per heavy atom. The summed E-state index contributed by atoms with van der Waals surface area (Å²) < 4.78 is 43.0. The second kappa shape index (κ2) is 14.3. The van der Waals surface area contributed by atoms with Gasteiger partial charge in [0.15, 0.2) is 5.76 Å². The Morgan fingerprint density at radius 1 is 0.760 bits per heavy atom. The lowest BCUT2D eigenvalue weighted by atomic mass is 9.83. The third-order valence-electron chi connectivity index (χ3n) is 8.83. The van der Waals surface area contributed by atoms with E-state index >= 15 is 0 Å². The molecule has 7 rings (SSSR count). The lowest BCUT2D eigenvalue weighted by Gasteiger charge is -2.27. The molecule has 9 heteroatoms. The van der Waals surface area contributed by atoms with Gasteiger partial charge in [0.25, 0.3) is 0 Å². The number of esters is 1. The van der Waals surface area contributed by atoms with Crippen molar-refractivity contribution in [3.8, 4) is 11.3 Å². The molecule has 1 N–H and O–H groups in total. The first-order valence-corrected chi connectivity index (χ1v) is 18.2. The summed E-state index contributed by atoms with van der Waals surface area (Å²) >= 11 is 6.95. The fourth-order valence-corrected chi connectivity index (χ4v) is 8.18. The van der Waals surface area contributed by atoms with Gasteiger partial charge in [-0.05, 0) is 47.4 Å². The predicted octanol–water partition coefficient (Wildman–Crippen LogP) is 9.52. The van der Waals surface area contributed by atoms with Crippen LogP contribution in [-0.2, 0) is 21.2 Å². The van der Waals surface area contributed by atoms with Gasteiger partial charge in [0.05, 0.1) is 22.6 Å². The van der Waals surface area contributed by atoms with Gasteiger partial charge in [-0.1, -0.05) is 144 Å². The number of halogens is 1. The molecule has 2 atom stereocenters. The van der Waals surface area contributed by atoms with Crippen LogP contribution in [0.3, 0.4) is 0 Å². The molecule has 0 amide bonds. The monoisotopic (exact) mass is 700 g/mol. The number of aromatic nitrogens is 1. The summed E-state index contributed by atoms with van der Waals surface area (Å²) in [5.41, 5.74) is 2.68. The molecule has 6 aromatic carbocycles. The second-order valence-electron chi connectivity index (χ2n) is 11.9. The molecule has 0 saturated heterocycles. The Labute approximate surface area is 295 Å². The zero-order chi connectivity index (χ0) is 34.7. The van der Waals surface area contributed by atoms with Crippen molar-refractivity contribution in [2.75, 3.05) is 6.61 Å². The van der Waals surface area contributed by atoms with E-state index in [4.69, 9.17) is 20.9 Å². The quantitative estimate of drug-likeness (QED) is 0.107. The smallest absolute Gasteiger partial charge is 0.344 e. The number of rotatable bonds is 11. The van der Waals surface area contributed by atoms with Crippen LogP contribution in [0.5, 0.6) is 0 Å². The molecule has 0 unspecified atom stereocenters. The lowest BCUT2D eigenvalue weighted by molar-refractivity contribution is 0.0523. The zero-order valence-corrected chi connectivity index (χ0v) is 28.7. The van der Waals surface area contributed by atoms with Crippen molar-refractivity contribution in [2.24, 2.45) is 0 Å². The molecule has 1 aromatic heterocycles. The van der Waals surface area contributed by atoms with Gasteiger partial charge in [0, 0.05) is 22.3 Å². The number of fused-ring (bicyclic) bond motifs is 2. The number of nitrogens with zero attached hydrogens (tertiary/aromatic N) is 1. The standard InChI is InChI=1S/C41H33ClN2O5S/c1-2-48-41(45)36-39(35-30-22-12-14-24-32(30)37(42)33-25-15-13-23-31(33)35)43-49-40(36)34(26-27-16-6-3-7-17-27)38(28-18-8-4-9-19-28)44-50(46,47)29-20-10-5-11-21-29/h3-25,34,38,44H,2,26H2,1H3/t34-,38-/m1/s1. The third kappa shape index (κ3) is 6.41. The van der Waals surface area contributed by atoms with Crippen LogP contribution < -0.4 is 4.72 Å². The van der Waals surface area contributed by atoms with Crippen molar-refractivity contribution in [3.63, 3.8) is 0 Å². The Balaban J connectivity index is 1.51. The highest BCUT2D eigenvalue weighted by Gasteiger charge is 2.38. The van der Waals surface area contributed by atoms with E-state index in [1.54, 1.807) is 37.3 Å². The highest BCUT2D eigenvalue weighted by molar-refractivity contribution is 7.89. The van der Waals surface area contributed by atoms with E-state index in [9.17, 15) is 13.2 Å².